The maximum Gasteiger partial charge on any atom is 0.136 e. The summed E-state index contributed by atoms with van der Waals surface area (Å²) in [6.45, 7) is 7.95. The second-order valence-electron chi connectivity index (χ2n) is 3.17. The molecule has 0 atom stereocenters. The van der Waals surface area contributed by atoms with E-state index in [4.69, 9.17) is 4.52 Å². The summed E-state index contributed by atoms with van der Waals surface area (Å²) in [6, 6.07) is 4.16. The topological polar surface area (TPSA) is 26.0 Å². The van der Waals surface area contributed by atoms with E-state index in [1.807, 2.05) is 20.8 Å². The molecular formula is C11H15NOS. The largest absolute Gasteiger partial charge is 0.361 e. The van der Waals surface area contributed by atoms with E-state index in [0.29, 0.717) is 0 Å². The molecule has 0 radical (unpaired) electrons. The molecular weight excluding hydrogens is 194 g/mol. The molecule has 0 bridgehead atoms. The maximum absolute atomic E-state index is 4.84. The van der Waals surface area contributed by atoms with Gasteiger partial charge in [-0.3, -0.25) is 0 Å². The van der Waals surface area contributed by atoms with Gasteiger partial charge in [0.25, 0.3) is 0 Å². The maximum atomic E-state index is 4.84. The molecule has 2 aromatic heterocycles. The Hall–Kier alpha value is -1.09. The lowest BCUT2D eigenvalue weighted by atomic mass is 10.2. The van der Waals surface area contributed by atoms with Crippen molar-refractivity contribution in [2.24, 2.45) is 0 Å². The predicted octanol–water partition coefficient (Wildman–Crippen LogP) is 3.66. The van der Waals surface area contributed by atoms with E-state index in [1.54, 1.807) is 11.3 Å². The standard InChI is InChI=1S/C6H9NO.C5H6S/c1-4-5(2)7-8-6(4)3;1-5-3-2-4-6-5/h1-3H3;2-4H,1H3. The Labute approximate surface area is 88.6 Å². The quantitative estimate of drug-likeness (QED) is 0.662. The highest BCUT2D eigenvalue weighted by molar-refractivity contribution is 7.09. The summed E-state index contributed by atoms with van der Waals surface area (Å²) in [6.07, 6.45) is 0. The summed E-state index contributed by atoms with van der Waals surface area (Å²) < 4.78 is 4.84. The molecule has 0 fully saturated rings. The van der Waals surface area contributed by atoms with Crippen LogP contribution in [0, 0.1) is 27.7 Å². The Balaban J connectivity index is 0.000000146. The van der Waals surface area contributed by atoms with E-state index in [1.165, 1.54) is 4.88 Å². The van der Waals surface area contributed by atoms with Crippen molar-refractivity contribution in [3.8, 4) is 0 Å². The molecule has 3 heteroatoms. The van der Waals surface area contributed by atoms with Crippen LogP contribution in [0.2, 0.25) is 0 Å². The van der Waals surface area contributed by atoms with E-state index in [0.717, 1.165) is 17.0 Å². The van der Waals surface area contributed by atoms with Crippen LogP contribution in [0.1, 0.15) is 21.9 Å². The van der Waals surface area contributed by atoms with Gasteiger partial charge in [-0.15, -0.1) is 11.3 Å². The van der Waals surface area contributed by atoms with Crippen molar-refractivity contribution in [1.82, 2.24) is 5.16 Å². The van der Waals surface area contributed by atoms with Crippen molar-refractivity contribution >= 4 is 11.3 Å². The van der Waals surface area contributed by atoms with Gasteiger partial charge in [-0.2, -0.15) is 0 Å². The minimum Gasteiger partial charge on any atom is -0.361 e. The lowest BCUT2D eigenvalue weighted by Crippen LogP contribution is -1.73. The first-order chi connectivity index (χ1) is 6.61. The third-order valence-corrected chi connectivity index (χ3v) is 2.85. The molecule has 0 spiro atoms. The monoisotopic (exact) mass is 209 g/mol. The average molecular weight is 209 g/mol. The van der Waals surface area contributed by atoms with Gasteiger partial charge in [0.15, 0.2) is 0 Å². The molecule has 0 amide bonds. The van der Waals surface area contributed by atoms with Crippen molar-refractivity contribution in [2.45, 2.75) is 27.7 Å². The van der Waals surface area contributed by atoms with Crippen LogP contribution < -0.4 is 0 Å². The number of thiophene rings is 1. The van der Waals surface area contributed by atoms with Crippen molar-refractivity contribution in [2.75, 3.05) is 0 Å². The van der Waals surface area contributed by atoms with Crippen LogP contribution in [0.4, 0.5) is 0 Å². The van der Waals surface area contributed by atoms with Crippen LogP contribution in [-0.2, 0) is 0 Å². The molecule has 0 N–H and O–H groups in total. The van der Waals surface area contributed by atoms with Crippen molar-refractivity contribution in [1.29, 1.82) is 0 Å². The highest BCUT2D eigenvalue weighted by Gasteiger charge is 1.99. The molecule has 14 heavy (non-hydrogen) atoms. The average Bonchev–Trinajstić information content (AvgIpc) is 2.73. The second kappa shape index (κ2) is 4.96. The number of nitrogens with zero attached hydrogens (tertiary/aromatic N) is 1. The fourth-order valence-corrected chi connectivity index (χ4v) is 1.42. The highest BCUT2D eigenvalue weighted by Crippen LogP contribution is 2.08. The van der Waals surface area contributed by atoms with Gasteiger partial charge in [0.05, 0.1) is 5.69 Å². The van der Waals surface area contributed by atoms with Crippen LogP contribution in [0.3, 0.4) is 0 Å². The Morgan fingerprint density at radius 3 is 2.07 bits per heavy atom. The van der Waals surface area contributed by atoms with Gasteiger partial charge < -0.3 is 4.52 Å². The number of hydrogen-bond acceptors (Lipinski definition) is 3. The SMILES string of the molecule is Cc1cccs1.Cc1noc(C)c1C. The van der Waals surface area contributed by atoms with Crippen LogP contribution in [0.25, 0.3) is 0 Å². The third-order valence-electron chi connectivity index (χ3n) is 2.05. The summed E-state index contributed by atoms with van der Waals surface area (Å²) in [5.41, 5.74) is 2.15. The van der Waals surface area contributed by atoms with E-state index in [2.05, 4.69) is 29.6 Å². The van der Waals surface area contributed by atoms with E-state index in [-0.39, 0.29) is 0 Å². The van der Waals surface area contributed by atoms with Crippen molar-refractivity contribution in [3.05, 3.63) is 39.4 Å². The van der Waals surface area contributed by atoms with E-state index < -0.39 is 0 Å². The Morgan fingerprint density at radius 2 is 1.93 bits per heavy atom. The molecule has 76 valence electrons. The Morgan fingerprint density at radius 1 is 1.21 bits per heavy atom. The third kappa shape index (κ3) is 3.00. The highest BCUT2D eigenvalue weighted by atomic mass is 32.1. The summed E-state index contributed by atoms with van der Waals surface area (Å²) in [5, 5.41) is 5.82. The van der Waals surface area contributed by atoms with Gasteiger partial charge in [0.2, 0.25) is 0 Å². The van der Waals surface area contributed by atoms with E-state index in [9.17, 15) is 0 Å². The first kappa shape index (κ1) is 11.0. The number of hydrogen-bond donors (Lipinski definition) is 0. The molecule has 2 rings (SSSR count). The van der Waals surface area contributed by atoms with E-state index >= 15 is 0 Å². The predicted molar refractivity (Wildman–Crippen MR) is 59.8 cm³/mol. The molecule has 0 aliphatic carbocycles. The minimum atomic E-state index is 0.919. The zero-order chi connectivity index (χ0) is 10.6. The van der Waals surface area contributed by atoms with Gasteiger partial charge in [-0.05, 0) is 39.1 Å². The fourth-order valence-electron chi connectivity index (χ4n) is 0.889. The zero-order valence-electron chi connectivity index (χ0n) is 9.00. The molecule has 0 aromatic carbocycles. The lowest BCUT2D eigenvalue weighted by Gasteiger charge is -1.80. The summed E-state index contributed by atoms with van der Waals surface area (Å²) in [5.74, 6) is 0.919. The normalized spacial score (nSPS) is 9.43. The number of aromatic nitrogens is 1. The molecule has 0 saturated heterocycles. The molecule has 2 nitrogen and oxygen atoms in total. The first-order valence-corrected chi connectivity index (χ1v) is 5.39. The van der Waals surface area contributed by atoms with Gasteiger partial charge >= 0.3 is 0 Å². The zero-order valence-corrected chi connectivity index (χ0v) is 9.81. The number of aryl methyl sites for hydroxylation is 3. The molecule has 0 aliphatic rings. The van der Waals surface area contributed by atoms with Gasteiger partial charge in [-0.25, -0.2) is 0 Å². The van der Waals surface area contributed by atoms with Gasteiger partial charge in [0, 0.05) is 10.4 Å². The smallest absolute Gasteiger partial charge is 0.136 e. The summed E-state index contributed by atoms with van der Waals surface area (Å²) in [4.78, 5) is 1.38. The fraction of sp³-hybridized carbons (Fsp3) is 0.364. The first-order valence-electron chi connectivity index (χ1n) is 4.51. The number of rotatable bonds is 0. The van der Waals surface area contributed by atoms with Crippen molar-refractivity contribution in [3.63, 3.8) is 0 Å². The summed E-state index contributed by atoms with van der Waals surface area (Å²) >= 11 is 1.78. The van der Waals surface area contributed by atoms with Gasteiger partial charge in [-0.1, -0.05) is 11.2 Å². The molecule has 0 aliphatic heterocycles. The van der Waals surface area contributed by atoms with Crippen LogP contribution in [-0.4, -0.2) is 5.16 Å². The minimum absolute atomic E-state index is 0.919. The molecule has 2 heterocycles. The summed E-state index contributed by atoms with van der Waals surface area (Å²) in [7, 11) is 0. The van der Waals surface area contributed by atoms with Crippen molar-refractivity contribution < 1.29 is 4.52 Å². The Kier molecular flexibility index (Phi) is 3.89. The van der Waals surface area contributed by atoms with Crippen LogP contribution in [0.5, 0.6) is 0 Å². The molecule has 2 aromatic rings. The Bertz CT molecular complexity index is 356. The van der Waals surface area contributed by atoms with Crippen LogP contribution >= 0.6 is 11.3 Å². The van der Waals surface area contributed by atoms with Crippen LogP contribution in [0.15, 0.2) is 22.0 Å². The second-order valence-corrected chi connectivity index (χ2v) is 4.32. The van der Waals surface area contributed by atoms with Gasteiger partial charge in [0.1, 0.15) is 5.76 Å². The molecule has 0 unspecified atom stereocenters. The lowest BCUT2D eigenvalue weighted by molar-refractivity contribution is 0.392. The molecule has 0 saturated carbocycles.